The Kier molecular flexibility index (Phi) is 3.88. The second-order valence-electron chi connectivity index (χ2n) is 4.22. The summed E-state index contributed by atoms with van der Waals surface area (Å²) in [6.45, 7) is 3.02. The average Bonchev–Trinajstić information content (AvgIpc) is 2.77. The largest absolute Gasteiger partial charge is 0.396 e. The molecule has 0 radical (unpaired) electrons. The van der Waals surface area contributed by atoms with Crippen molar-refractivity contribution in [2.24, 2.45) is 0 Å². The third-order valence-electron chi connectivity index (χ3n) is 2.64. The van der Waals surface area contributed by atoms with E-state index in [4.69, 9.17) is 5.11 Å². The minimum absolute atomic E-state index is 0.199. The fraction of sp³-hybridized carbons (Fsp3) is 0.385. The van der Waals surface area contributed by atoms with Gasteiger partial charge < -0.3 is 5.11 Å². The Labute approximate surface area is 101 Å². The number of benzene rings is 1. The maximum Gasteiger partial charge on any atom is 0.0828 e. The van der Waals surface area contributed by atoms with E-state index in [1.165, 1.54) is 11.1 Å². The number of rotatable bonds is 5. The van der Waals surface area contributed by atoms with E-state index in [0.29, 0.717) is 0 Å². The number of hydrogen-bond acceptors (Lipinski definition) is 3. The zero-order chi connectivity index (χ0) is 12.1. The summed E-state index contributed by atoms with van der Waals surface area (Å²) in [7, 11) is 0. The molecule has 0 atom stereocenters. The van der Waals surface area contributed by atoms with Gasteiger partial charge in [-0.15, -0.1) is 5.10 Å². The lowest BCUT2D eigenvalue weighted by Crippen LogP contribution is -2.00. The maximum atomic E-state index is 8.74. The van der Waals surface area contributed by atoms with Gasteiger partial charge in [-0.25, -0.2) is 4.68 Å². The quantitative estimate of drug-likeness (QED) is 0.849. The minimum atomic E-state index is 0.199. The molecule has 0 spiro atoms. The van der Waals surface area contributed by atoms with Crippen LogP contribution in [0.3, 0.4) is 0 Å². The molecule has 0 aliphatic heterocycles. The van der Waals surface area contributed by atoms with Crippen LogP contribution in [0.25, 0.3) is 0 Å². The van der Waals surface area contributed by atoms with Crippen LogP contribution in [0.1, 0.15) is 23.2 Å². The molecule has 0 bridgehead atoms. The monoisotopic (exact) mass is 231 g/mol. The summed E-state index contributed by atoms with van der Waals surface area (Å²) in [6.07, 6.45) is 3.46. The van der Waals surface area contributed by atoms with Crippen LogP contribution in [-0.2, 0) is 13.0 Å². The first-order valence-corrected chi connectivity index (χ1v) is 5.83. The Bertz CT molecular complexity index is 462. The zero-order valence-corrected chi connectivity index (χ0v) is 10.0. The van der Waals surface area contributed by atoms with E-state index in [0.717, 1.165) is 25.1 Å². The van der Waals surface area contributed by atoms with Crippen molar-refractivity contribution in [1.29, 1.82) is 0 Å². The maximum absolute atomic E-state index is 8.74. The predicted molar refractivity (Wildman–Crippen MR) is 65.7 cm³/mol. The summed E-state index contributed by atoms with van der Waals surface area (Å²) >= 11 is 0. The lowest BCUT2D eigenvalue weighted by atomic mass is 10.1. The highest BCUT2D eigenvalue weighted by Gasteiger charge is 2.01. The van der Waals surface area contributed by atoms with Gasteiger partial charge in [-0.05, 0) is 25.3 Å². The number of aryl methyl sites for hydroxylation is 2. The van der Waals surface area contributed by atoms with Crippen molar-refractivity contribution in [2.45, 2.75) is 26.3 Å². The van der Waals surface area contributed by atoms with Crippen molar-refractivity contribution >= 4 is 0 Å². The highest BCUT2D eigenvalue weighted by molar-refractivity contribution is 5.21. The molecule has 0 aliphatic rings. The Morgan fingerprint density at radius 2 is 2.00 bits per heavy atom. The Hall–Kier alpha value is -1.68. The van der Waals surface area contributed by atoms with E-state index >= 15 is 0 Å². The molecule has 4 heteroatoms. The molecular formula is C13H17N3O. The highest BCUT2D eigenvalue weighted by Crippen LogP contribution is 2.05. The Balaban J connectivity index is 1.98. The normalized spacial score (nSPS) is 10.7. The van der Waals surface area contributed by atoms with Gasteiger partial charge >= 0.3 is 0 Å². The van der Waals surface area contributed by atoms with Crippen LogP contribution in [-0.4, -0.2) is 26.7 Å². The molecule has 0 fully saturated rings. The first-order chi connectivity index (χ1) is 8.28. The second-order valence-corrected chi connectivity index (χ2v) is 4.22. The van der Waals surface area contributed by atoms with Crippen molar-refractivity contribution < 1.29 is 5.11 Å². The standard InChI is InChI=1S/C13H17N3O/c1-11-4-6-12(7-5-11)9-16-10-13(14-15-16)3-2-8-17/h4-7,10,17H,2-3,8-9H2,1H3. The van der Waals surface area contributed by atoms with Crippen LogP contribution in [0.15, 0.2) is 30.5 Å². The summed E-state index contributed by atoms with van der Waals surface area (Å²) in [5.41, 5.74) is 3.41. The summed E-state index contributed by atoms with van der Waals surface area (Å²) in [5.74, 6) is 0. The zero-order valence-electron chi connectivity index (χ0n) is 10.0. The first-order valence-electron chi connectivity index (χ1n) is 5.83. The van der Waals surface area contributed by atoms with Crippen molar-refractivity contribution in [2.75, 3.05) is 6.61 Å². The van der Waals surface area contributed by atoms with Gasteiger partial charge in [0.2, 0.25) is 0 Å². The van der Waals surface area contributed by atoms with E-state index < -0.39 is 0 Å². The summed E-state index contributed by atoms with van der Waals surface area (Å²) in [6, 6.07) is 8.40. The molecule has 1 N–H and O–H groups in total. The van der Waals surface area contributed by atoms with Crippen LogP contribution < -0.4 is 0 Å². The van der Waals surface area contributed by atoms with Gasteiger partial charge in [-0.1, -0.05) is 35.0 Å². The number of nitrogens with zero attached hydrogens (tertiary/aromatic N) is 3. The number of hydrogen-bond donors (Lipinski definition) is 1. The number of aliphatic hydroxyl groups excluding tert-OH is 1. The predicted octanol–water partition coefficient (Wildman–Crippen LogP) is 1.56. The van der Waals surface area contributed by atoms with E-state index in [9.17, 15) is 0 Å². The molecule has 2 rings (SSSR count). The average molecular weight is 231 g/mol. The molecule has 0 saturated heterocycles. The summed E-state index contributed by atoms with van der Waals surface area (Å²) in [4.78, 5) is 0. The summed E-state index contributed by atoms with van der Waals surface area (Å²) in [5, 5.41) is 16.9. The topological polar surface area (TPSA) is 50.9 Å². The molecule has 4 nitrogen and oxygen atoms in total. The molecule has 0 unspecified atom stereocenters. The van der Waals surface area contributed by atoms with E-state index in [1.54, 1.807) is 0 Å². The highest BCUT2D eigenvalue weighted by atomic mass is 16.2. The third-order valence-corrected chi connectivity index (χ3v) is 2.64. The number of aromatic nitrogens is 3. The minimum Gasteiger partial charge on any atom is -0.396 e. The van der Waals surface area contributed by atoms with Crippen molar-refractivity contribution in [3.8, 4) is 0 Å². The third kappa shape index (κ3) is 3.39. The van der Waals surface area contributed by atoms with Gasteiger partial charge in [0.05, 0.1) is 12.2 Å². The van der Waals surface area contributed by atoms with Crippen LogP contribution in [0, 0.1) is 6.92 Å². The van der Waals surface area contributed by atoms with Gasteiger partial charge in [-0.3, -0.25) is 0 Å². The number of aliphatic hydroxyl groups is 1. The van der Waals surface area contributed by atoms with Gasteiger partial charge in [0, 0.05) is 12.8 Å². The molecule has 90 valence electrons. The van der Waals surface area contributed by atoms with Gasteiger partial charge in [0.1, 0.15) is 0 Å². The van der Waals surface area contributed by atoms with Crippen LogP contribution >= 0.6 is 0 Å². The van der Waals surface area contributed by atoms with Crippen molar-refractivity contribution in [3.63, 3.8) is 0 Å². The Morgan fingerprint density at radius 3 is 2.71 bits per heavy atom. The molecular weight excluding hydrogens is 214 g/mol. The van der Waals surface area contributed by atoms with Crippen LogP contribution in [0.2, 0.25) is 0 Å². The molecule has 0 amide bonds. The van der Waals surface area contributed by atoms with Crippen molar-refractivity contribution in [3.05, 3.63) is 47.3 Å². The molecule has 17 heavy (non-hydrogen) atoms. The fourth-order valence-corrected chi connectivity index (χ4v) is 1.67. The molecule has 0 saturated carbocycles. The van der Waals surface area contributed by atoms with Gasteiger partial charge in [0.25, 0.3) is 0 Å². The molecule has 1 aromatic heterocycles. The van der Waals surface area contributed by atoms with E-state index in [1.807, 2.05) is 10.9 Å². The lowest BCUT2D eigenvalue weighted by Gasteiger charge is -2.01. The first kappa shape index (κ1) is 11.8. The van der Waals surface area contributed by atoms with Crippen LogP contribution in [0.5, 0.6) is 0 Å². The Morgan fingerprint density at radius 1 is 1.24 bits per heavy atom. The molecule has 1 aromatic carbocycles. The molecule has 0 aliphatic carbocycles. The second kappa shape index (κ2) is 5.59. The fourth-order valence-electron chi connectivity index (χ4n) is 1.67. The van der Waals surface area contributed by atoms with Gasteiger partial charge in [0.15, 0.2) is 0 Å². The van der Waals surface area contributed by atoms with Gasteiger partial charge in [-0.2, -0.15) is 0 Å². The lowest BCUT2D eigenvalue weighted by molar-refractivity contribution is 0.288. The van der Waals surface area contributed by atoms with Crippen LogP contribution in [0.4, 0.5) is 0 Å². The molecule has 2 aromatic rings. The van der Waals surface area contributed by atoms with E-state index in [-0.39, 0.29) is 6.61 Å². The van der Waals surface area contributed by atoms with E-state index in [2.05, 4.69) is 41.5 Å². The smallest absolute Gasteiger partial charge is 0.0828 e. The SMILES string of the molecule is Cc1ccc(Cn2cc(CCCO)nn2)cc1. The summed E-state index contributed by atoms with van der Waals surface area (Å²) < 4.78 is 1.83. The molecule has 1 heterocycles. The van der Waals surface area contributed by atoms with Crippen molar-refractivity contribution in [1.82, 2.24) is 15.0 Å².